The Labute approximate surface area is 227 Å². The van der Waals surface area contributed by atoms with Crippen molar-refractivity contribution in [2.45, 2.75) is 19.9 Å². The molecule has 0 spiro atoms. The number of aliphatic hydroxyl groups is 1. The molecule has 0 aliphatic carbocycles. The molecule has 1 aliphatic rings. The number of hydrogen-bond donors (Lipinski definition) is 1. The molecule has 3 heterocycles. The minimum atomic E-state index is -1.11. The number of ether oxygens (including phenoxy) is 3. The van der Waals surface area contributed by atoms with Crippen molar-refractivity contribution < 1.29 is 38.1 Å². The predicted molar refractivity (Wildman–Crippen MR) is 143 cm³/mol. The average molecular weight is 549 g/mol. The van der Waals surface area contributed by atoms with Crippen molar-refractivity contribution in [3.63, 3.8) is 0 Å². The third-order valence-electron chi connectivity index (χ3n) is 6.44. The van der Waals surface area contributed by atoms with E-state index in [1.165, 1.54) is 39.2 Å². The van der Waals surface area contributed by atoms with Gasteiger partial charge < -0.3 is 23.7 Å². The molecule has 2 aromatic carbocycles. The van der Waals surface area contributed by atoms with Gasteiger partial charge in [0.1, 0.15) is 0 Å². The number of aliphatic hydroxyl groups excluding tert-OH is 1. The molecular weight excluding hydrogens is 524 g/mol. The highest BCUT2D eigenvalue weighted by Gasteiger charge is 2.47. The quantitative estimate of drug-likeness (QED) is 0.295. The van der Waals surface area contributed by atoms with Gasteiger partial charge in [0.15, 0.2) is 45.3 Å². The van der Waals surface area contributed by atoms with E-state index in [0.29, 0.717) is 44.4 Å². The lowest BCUT2D eigenvalue weighted by Gasteiger charge is -2.25. The second-order valence-electron chi connectivity index (χ2n) is 8.74. The molecule has 200 valence electrons. The Kier molecular flexibility index (Phi) is 6.61. The first-order valence-electron chi connectivity index (χ1n) is 11.8. The van der Waals surface area contributed by atoms with Crippen LogP contribution in [-0.2, 0) is 4.79 Å². The molecule has 0 saturated heterocycles. The van der Waals surface area contributed by atoms with E-state index in [2.05, 4.69) is 4.98 Å². The van der Waals surface area contributed by atoms with E-state index in [-0.39, 0.29) is 22.2 Å². The summed E-state index contributed by atoms with van der Waals surface area (Å²) in [7, 11) is 4.43. The van der Waals surface area contributed by atoms with Gasteiger partial charge in [0.2, 0.25) is 5.78 Å². The molecule has 1 atom stereocenters. The number of aromatic nitrogens is 1. The zero-order valence-corrected chi connectivity index (χ0v) is 22.5. The lowest BCUT2D eigenvalue weighted by atomic mass is 9.95. The summed E-state index contributed by atoms with van der Waals surface area (Å²) in [4.78, 5) is 45.6. The van der Waals surface area contributed by atoms with E-state index in [9.17, 15) is 19.5 Å². The van der Waals surface area contributed by atoms with E-state index < -0.39 is 23.5 Å². The first kappa shape index (κ1) is 26.0. The Morgan fingerprint density at radius 2 is 1.74 bits per heavy atom. The molecule has 1 N–H and O–H groups in total. The fraction of sp³-hybridized carbons (Fsp3) is 0.214. The Bertz CT molecular complexity index is 1680. The number of thiazole rings is 1. The number of fused-ring (bicyclic) bond motifs is 1. The summed E-state index contributed by atoms with van der Waals surface area (Å²) in [5.74, 6) is -1.35. The number of methoxy groups -OCH3 is 3. The molecule has 0 fully saturated rings. The van der Waals surface area contributed by atoms with Crippen LogP contribution in [0.4, 0.5) is 5.13 Å². The van der Waals surface area contributed by atoms with Crippen molar-refractivity contribution in [1.29, 1.82) is 0 Å². The maximum absolute atomic E-state index is 13.9. The molecule has 1 amide bonds. The summed E-state index contributed by atoms with van der Waals surface area (Å²) < 4.78 is 22.0. The van der Waals surface area contributed by atoms with Gasteiger partial charge in [-0.05, 0) is 36.8 Å². The monoisotopic (exact) mass is 548 g/mol. The van der Waals surface area contributed by atoms with Crippen molar-refractivity contribution in [3.8, 4) is 17.2 Å². The minimum Gasteiger partial charge on any atom is -0.503 e. The molecule has 39 heavy (non-hydrogen) atoms. The number of nitrogens with zero attached hydrogens (tertiary/aromatic N) is 2. The van der Waals surface area contributed by atoms with Crippen molar-refractivity contribution in [2.75, 3.05) is 26.2 Å². The van der Waals surface area contributed by atoms with Crippen molar-refractivity contribution >= 4 is 44.9 Å². The third kappa shape index (κ3) is 4.20. The number of rotatable bonds is 8. The zero-order chi connectivity index (χ0) is 28.0. The SMILES string of the molecule is COc1ccc(C2C(C(=O)c3cc4cccc(OC)c4o3)=C(O)C(=O)N2c2nc(C)c(C(C)=O)s2)cc1OC. The molecule has 10 nitrogen and oxygen atoms in total. The van der Waals surface area contributed by atoms with Gasteiger partial charge in [-0.25, -0.2) is 4.98 Å². The van der Waals surface area contributed by atoms with Crippen molar-refractivity contribution in [3.05, 3.63) is 75.7 Å². The van der Waals surface area contributed by atoms with Gasteiger partial charge in [0.05, 0.1) is 43.5 Å². The van der Waals surface area contributed by atoms with E-state index in [1.807, 2.05) is 0 Å². The molecule has 2 aromatic heterocycles. The predicted octanol–water partition coefficient (Wildman–Crippen LogP) is 5.21. The maximum atomic E-state index is 13.9. The number of benzene rings is 2. The topological polar surface area (TPSA) is 128 Å². The maximum Gasteiger partial charge on any atom is 0.296 e. The molecule has 1 aliphatic heterocycles. The number of carbonyl (C=O) groups is 3. The number of aryl methyl sites for hydroxylation is 1. The number of furan rings is 1. The van der Waals surface area contributed by atoms with Crippen LogP contribution >= 0.6 is 11.3 Å². The normalized spacial score (nSPS) is 15.3. The summed E-state index contributed by atoms with van der Waals surface area (Å²) in [5, 5.41) is 11.9. The van der Waals surface area contributed by atoms with Gasteiger partial charge in [-0.1, -0.05) is 29.5 Å². The van der Waals surface area contributed by atoms with Crippen LogP contribution < -0.4 is 19.1 Å². The van der Waals surface area contributed by atoms with Crippen LogP contribution in [0.1, 0.15) is 44.4 Å². The van der Waals surface area contributed by atoms with E-state index in [0.717, 1.165) is 11.3 Å². The number of para-hydroxylation sites is 1. The summed E-state index contributed by atoms with van der Waals surface area (Å²) in [6.07, 6.45) is 0. The van der Waals surface area contributed by atoms with E-state index in [4.69, 9.17) is 18.6 Å². The number of ketones is 2. The summed E-state index contributed by atoms with van der Waals surface area (Å²) in [6.45, 7) is 3.06. The molecule has 0 radical (unpaired) electrons. The number of amides is 1. The Balaban J connectivity index is 1.69. The molecule has 1 unspecified atom stereocenters. The van der Waals surface area contributed by atoms with Crippen LogP contribution in [-0.4, -0.2) is 48.9 Å². The van der Waals surface area contributed by atoms with Gasteiger partial charge in [-0.3, -0.25) is 19.3 Å². The highest BCUT2D eigenvalue weighted by Crippen LogP contribution is 2.46. The van der Waals surface area contributed by atoms with E-state index >= 15 is 0 Å². The van der Waals surface area contributed by atoms with Gasteiger partial charge >= 0.3 is 0 Å². The smallest absolute Gasteiger partial charge is 0.296 e. The van der Waals surface area contributed by atoms with Crippen LogP contribution in [0, 0.1) is 6.92 Å². The second kappa shape index (κ2) is 9.91. The summed E-state index contributed by atoms with van der Waals surface area (Å²) >= 11 is 1.00. The number of anilines is 1. The van der Waals surface area contributed by atoms with Crippen molar-refractivity contribution in [2.24, 2.45) is 0 Å². The fourth-order valence-corrected chi connectivity index (χ4v) is 5.62. The Morgan fingerprint density at radius 1 is 1.03 bits per heavy atom. The van der Waals surface area contributed by atoms with Crippen LogP contribution in [0.2, 0.25) is 0 Å². The lowest BCUT2D eigenvalue weighted by Crippen LogP contribution is -2.31. The van der Waals surface area contributed by atoms with Crippen LogP contribution in [0.3, 0.4) is 0 Å². The van der Waals surface area contributed by atoms with Gasteiger partial charge in [0, 0.05) is 12.3 Å². The highest BCUT2D eigenvalue weighted by atomic mass is 32.1. The van der Waals surface area contributed by atoms with E-state index in [1.54, 1.807) is 43.3 Å². The molecule has 4 aromatic rings. The van der Waals surface area contributed by atoms with Crippen LogP contribution in [0.15, 0.2) is 58.2 Å². The first-order chi connectivity index (χ1) is 18.7. The number of Topliss-reactive ketones (excluding diaryl/α,β-unsaturated/α-hetero) is 2. The molecule has 0 bridgehead atoms. The largest absolute Gasteiger partial charge is 0.503 e. The van der Waals surface area contributed by atoms with Gasteiger partial charge in [0.25, 0.3) is 5.91 Å². The molecular formula is C28H24N2O8S. The standard InChI is InChI=1S/C28H24N2O8S/c1-13-26(14(2)31)39-28(29-13)30-22(15-9-10-17(35-3)19(11-15)37-5)21(24(33)27(30)34)23(32)20-12-16-7-6-8-18(36-4)25(16)38-20/h6-12,22,33H,1-5H3. The fourth-order valence-electron chi connectivity index (χ4n) is 4.63. The molecule has 5 rings (SSSR count). The van der Waals surface area contributed by atoms with Gasteiger partial charge in [-0.2, -0.15) is 0 Å². The number of hydrogen-bond acceptors (Lipinski definition) is 10. The second-order valence-corrected chi connectivity index (χ2v) is 9.72. The summed E-state index contributed by atoms with van der Waals surface area (Å²) in [6, 6.07) is 10.5. The Hall–Kier alpha value is -4.64. The average Bonchev–Trinajstić information content (AvgIpc) is 3.61. The molecule has 11 heteroatoms. The zero-order valence-electron chi connectivity index (χ0n) is 21.7. The molecule has 0 saturated carbocycles. The summed E-state index contributed by atoms with van der Waals surface area (Å²) in [5.41, 5.74) is 1.03. The highest BCUT2D eigenvalue weighted by molar-refractivity contribution is 7.17. The lowest BCUT2D eigenvalue weighted by molar-refractivity contribution is -0.117. The van der Waals surface area contributed by atoms with Crippen LogP contribution in [0.25, 0.3) is 11.0 Å². The van der Waals surface area contributed by atoms with Crippen LogP contribution in [0.5, 0.6) is 17.2 Å². The Morgan fingerprint density at radius 3 is 2.38 bits per heavy atom. The number of carbonyl (C=O) groups excluding carboxylic acids is 3. The third-order valence-corrected chi connectivity index (χ3v) is 7.70. The minimum absolute atomic E-state index is 0.0871. The first-order valence-corrected chi connectivity index (χ1v) is 12.6. The van der Waals surface area contributed by atoms with Gasteiger partial charge in [-0.15, -0.1) is 0 Å². The van der Waals surface area contributed by atoms with Crippen molar-refractivity contribution in [1.82, 2.24) is 4.98 Å².